The summed E-state index contributed by atoms with van der Waals surface area (Å²) in [6, 6.07) is 2.49. The summed E-state index contributed by atoms with van der Waals surface area (Å²) in [7, 11) is 2.01. The summed E-state index contributed by atoms with van der Waals surface area (Å²) in [5.41, 5.74) is -2.54. The van der Waals surface area contributed by atoms with Crippen LogP contribution < -0.4 is 16.2 Å². The standard InChI is InChI=1S/C26H27F5N4O2/c1-12(13-4-3-5-14(20(13)27)22(28)29)32-23(37)17-11-35(24-25(6-7-25)26(24,30)31)19(36)8-18(17)33-21-15-9-34(2)10-16(15)21/h3-5,8,11-12,15-16,21-22,24,33H,6-7,9-10H2,1-2H3,(H,32,37)/t12-,15-,16+,21+,24?/m1/s1. The smallest absolute Gasteiger partial charge is 0.276 e. The van der Waals surface area contributed by atoms with E-state index in [0.29, 0.717) is 24.7 Å². The fourth-order valence-corrected chi connectivity index (χ4v) is 6.28. The summed E-state index contributed by atoms with van der Waals surface area (Å²) in [6.07, 6.45) is -1.23. The molecule has 1 amide bonds. The fraction of sp³-hybridized carbons (Fsp3) is 0.538. The Kier molecular flexibility index (Phi) is 5.29. The molecule has 11 heteroatoms. The molecule has 1 unspecified atom stereocenters. The number of halogens is 5. The minimum Gasteiger partial charge on any atom is -0.381 e. The molecule has 6 nitrogen and oxygen atoms in total. The predicted octanol–water partition coefficient (Wildman–Crippen LogP) is 4.36. The first-order valence-electron chi connectivity index (χ1n) is 12.4. The van der Waals surface area contributed by atoms with Crippen LogP contribution >= 0.6 is 0 Å². The fourth-order valence-electron chi connectivity index (χ4n) is 6.28. The number of carbonyl (C=O) groups excluding carboxylic acids is 1. The third-order valence-electron chi connectivity index (χ3n) is 8.65. The maximum atomic E-state index is 14.7. The van der Waals surface area contributed by atoms with E-state index in [2.05, 4.69) is 15.5 Å². The van der Waals surface area contributed by atoms with Gasteiger partial charge in [-0.2, -0.15) is 0 Å². The highest BCUT2D eigenvalue weighted by Crippen LogP contribution is 2.81. The molecule has 3 aliphatic carbocycles. The van der Waals surface area contributed by atoms with Crippen molar-refractivity contribution in [3.63, 3.8) is 0 Å². The number of hydrogen-bond acceptors (Lipinski definition) is 4. The van der Waals surface area contributed by atoms with Gasteiger partial charge >= 0.3 is 0 Å². The highest BCUT2D eigenvalue weighted by Gasteiger charge is 2.87. The molecule has 1 spiro atoms. The maximum absolute atomic E-state index is 14.7. The summed E-state index contributed by atoms with van der Waals surface area (Å²) in [4.78, 5) is 28.5. The van der Waals surface area contributed by atoms with Crippen LogP contribution in [0.1, 0.15) is 59.8 Å². The van der Waals surface area contributed by atoms with Gasteiger partial charge in [-0.05, 0) is 38.6 Å². The first-order valence-corrected chi connectivity index (χ1v) is 12.4. The van der Waals surface area contributed by atoms with Gasteiger partial charge in [0.25, 0.3) is 23.8 Å². The Labute approximate surface area is 209 Å². The van der Waals surface area contributed by atoms with Gasteiger partial charge in [0.15, 0.2) is 0 Å². The van der Waals surface area contributed by atoms with Gasteiger partial charge in [0, 0.05) is 37.0 Å². The normalized spacial score (nSPS) is 29.2. The van der Waals surface area contributed by atoms with E-state index in [0.717, 1.165) is 29.9 Å². The molecule has 2 aromatic rings. The van der Waals surface area contributed by atoms with Crippen LogP contribution in [0.25, 0.3) is 0 Å². The van der Waals surface area contributed by atoms with E-state index in [4.69, 9.17) is 0 Å². The second-order valence-electron chi connectivity index (χ2n) is 11.0. The van der Waals surface area contributed by atoms with Gasteiger partial charge in [-0.1, -0.05) is 18.2 Å². The van der Waals surface area contributed by atoms with Crippen LogP contribution in [0.5, 0.6) is 0 Å². The van der Waals surface area contributed by atoms with Crippen LogP contribution in [-0.2, 0) is 0 Å². The molecule has 1 saturated heterocycles. The van der Waals surface area contributed by atoms with Crippen molar-refractivity contribution in [2.45, 2.75) is 50.2 Å². The zero-order chi connectivity index (χ0) is 26.4. The average molecular weight is 523 g/mol. The van der Waals surface area contributed by atoms with Crippen molar-refractivity contribution >= 4 is 11.6 Å². The minimum atomic E-state index is -3.02. The van der Waals surface area contributed by atoms with Crippen molar-refractivity contribution in [3.8, 4) is 0 Å². The molecule has 4 fully saturated rings. The molecule has 0 radical (unpaired) electrons. The Morgan fingerprint density at radius 2 is 1.78 bits per heavy atom. The number of benzene rings is 1. The minimum absolute atomic E-state index is 0.0197. The van der Waals surface area contributed by atoms with Crippen LogP contribution in [0.2, 0.25) is 0 Å². The maximum Gasteiger partial charge on any atom is 0.276 e. The molecular weight excluding hydrogens is 495 g/mol. The van der Waals surface area contributed by atoms with Crippen molar-refractivity contribution < 1.29 is 26.7 Å². The van der Waals surface area contributed by atoms with E-state index >= 15 is 0 Å². The zero-order valence-corrected chi connectivity index (χ0v) is 20.3. The molecular formula is C26H27F5N4O2. The third kappa shape index (κ3) is 3.68. The zero-order valence-electron chi connectivity index (χ0n) is 20.3. The number of anilines is 1. The van der Waals surface area contributed by atoms with E-state index in [1.165, 1.54) is 25.1 Å². The molecule has 2 heterocycles. The first kappa shape index (κ1) is 24.4. The number of nitrogens with zero attached hydrogens (tertiary/aromatic N) is 2. The number of alkyl halides is 4. The number of likely N-dealkylation sites (tertiary alicyclic amines) is 1. The quantitative estimate of drug-likeness (QED) is 0.531. The Bertz CT molecular complexity index is 1320. The highest BCUT2D eigenvalue weighted by atomic mass is 19.3. The lowest BCUT2D eigenvalue weighted by molar-refractivity contribution is 0.0803. The van der Waals surface area contributed by atoms with Gasteiger partial charge in [-0.15, -0.1) is 0 Å². The molecule has 0 bridgehead atoms. The molecule has 6 rings (SSSR count). The topological polar surface area (TPSA) is 66.4 Å². The van der Waals surface area contributed by atoms with Crippen molar-refractivity contribution in [2.75, 3.05) is 25.5 Å². The third-order valence-corrected chi connectivity index (χ3v) is 8.65. The average Bonchev–Trinajstić information content (AvgIpc) is 3.75. The van der Waals surface area contributed by atoms with E-state index < -0.39 is 52.7 Å². The van der Waals surface area contributed by atoms with Gasteiger partial charge in [0.2, 0.25) is 0 Å². The van der Waals surface area contributed by atoms with Crippen LogP contribution in [0, 0.1) is 23.1 Å². The Morgan fingerprint density at radius 3 is 2.38 bits per heavy atom. The van der Waals surface area contributed by atoms with E-state index in [-0.39, 0.29) is 22.9 Å². The van der Waals surface area contributed by atoms with Crippen LogP contribution in [-0.4, -0.2) is 47.5 Å². The van der Waals surface area contributed by atoms with Gasteiger partial charge < -0.3 is 20.1 Å². The van der Waals surface area contributed by atoms with Crippen molar-refractivity contribution in [1.29, 1.82) is 0 Å². The molecule has 198 valence electrons. The SMILES string of the molecule is C[C@@H](NC(=O)c1cn(C2C(F)(F)C23CC3)c(=O)cc1N[C@H]1[C@@H]2CN(C)C[C@@H]21)c1cccc(C(F)F)c1F. The Morgan fingerprint density at radius 1 is 1.14 bits per heavy atom. The number of aromatic nitrogens is 1. The van der Waals surface area contributed by atoms with Crippen molar-refractivity contribution in [1.82, 2.24) is 14.8 Å². The van der Waals surface area contributed by atoms with Gasteiger partial charge in [-0.25, -0.2) is 22.0 Å². The number of piperidine rings is 1. The number of nitrogens with one attached hydrogen (secondary N) is 2. The number of carbonyl (C=O) groups is 1. The molecule has 1 aromatic carbocycles. The summed E-state index contributed by atoms with van der Waals surface area (Å²) in [5.74, 6) is -4.14. The number of pyridine rings is 1. The van der Waals surface area contributed by atoms with Crippen molar-refractivity contribution in [2.24, 2.45) is 17.3 Å². The lowest BCUT2D eigenvalue weighted by atomic mass is 10.0. The van der Waals surface area contributed by atoms with Crippen LogP contribution in [0.3, 0.4) is 0 Å². The molecule has 3 saturated carbocycles. The summed E-state index contributed by atoms with van der Waals surface area (Å²) >= 11 is 0. The molecule has 1 aliphatic heterocycles. The summed E-state index contributed by atoms with van der Waals surface area (Å²) in [5, 5.41) is 5.86. The largest absolute Gasteiger partial charge is 0.381 e. The van der Waals surface area contributed by atoms with E-state index in [9.17, 15) is 31.5 Å². The molecule has 2 N–H and O–H groups in total. The number of hydrogen-bond donors (Lipinski definition) is 2. The summed E-state index contributed by atoms with van der Waals surface area (Å²) in [6.45, 7) is 3.19. The lowest BCUT2D eigenvalue weighted by Crippen LogP contribution is -2.32. The van der Waals surface area contributed by atoms with Gasteiger partial charge in [0.1, 0.15) is 11.9 Å². The molecule has 5 atom stereocenters. The van der Waals surface area contributed by atoms with Gasteiger partial charge in [0.05, 0.1) is 28.3 Å². The molecule has 4 aliphatic rings. The van der Waals surface area contributed by atoms with Crippen molar-refractivity contribution in [3.05, 3.63) is 63.3 Å². The molecule has 1 aromatic heterocycles. The number of fused-ring (bicyclic) bond motifs is 1. The highest BCUT2D eigenvalue weighted by molar-refractivity contribution is 5.99. The van der Waals surface area contributed by atoms with Crippen LogP contribution in [0.15, 0.2) is 35.3 Å². The second-order valence-corrected chi connectivity index (χ2v) is 11.0. The van der Waals surface area contributed by atoms with E-state index in [1.807, 2.05) is 7.05 Å². The Balaban J connectivity index is 1.31. The van der Waals surface area contributed by atoms with E-state index in [1.54, 1.807) is 0 Å². The first-order chi connectivity index (χ1) is 17.5. The van der Waals surface area contributed by atoms with Crippen LogP contribution in [0.4, 0.5) is 27.6 Å². The monoisotopic (exact) mass is 522 g/mol. The Hall–Kier alpha value is -2.95. The van der Waals surface area contributed by atoms with Gasteiger partial charge in [-0.3, -0.25) is 9.59 Å². The molecule has 37 heavy (non-hydrogen) atoms. The number of rotatable bonds is 7. The predicted molar refractivity (Wildman–Crippen MR) is 125 cm³/mol. The lowest BCUT2D eigenvalue weighted by Gasteiger charge is -2.20. The second kappa shape index (κ2) is 8.02. The number of amides is 1. The summed E-state index contributed by atoms with van der Waals surface area (Å²) < 4.78 is 71.0.